The monoisotopic (exact) mass is 319 g/mol. The third-order valence-corrected chi connectivity index (χ3v) is 3.85. The molecule has 1 fully saturated rings. The van der Waals surface area contributed by atoms with Crippen LogP contribution < -0.4 is 11.1 Å². The smallest absolute Gasteiger partial charge is 0.230 e. The van der Waals surface area contributed by atoms with Crippen LogP contribution in [0.3, 0.4) is 0 Å². The fraction of sp³-hybridized carbons (Fsp3) is 0.571. The average molecular weight is 320 g/mol. The number of nitrogens with two attached hydrogens (primary N) is 1. The number of hydrogen-bond donors (Lipinski definition) is 2. The summed E-state index contributed by atoms with van der Waals surface area (Å²) >= 11 is 0. The molecule has 0 aliphatic heterocycles. The van der Waals surface area contributed by atoms with Crippen LogP contribution in [0.25, 0.3) is 0 Å². The van der Waals surface area contributed by atoms with Crippen molar-refractivity contribution in [3.63, 3.8) is 0 Å². The fourth-order valence-corrected chi connectivity index (χ4v) is 2.79. The number of rotatable bonds is 4. The molecule has 3 N–H and O–H groups in total. The van der Waals surface area contributed by atoms with Gasteiger partial charge in [0, 0.05) is 18.1 Å². The Morgan fingerprint density at radius 3 is 2.35 bits per heavy atom. The lowest BCUT2D eigenvalue weighted by Gasteiger charge is -2.35. The minimum absolute atomic E-state index is 0. The van der Waals surface area contributed by atoms with Gasteiger partial charge in [0.25, 0.3) is 0 Å². The quantitative estimate of drug-likeness (QED) is 0.895. The van der Waals surface area contributed by atoms with Crippen LogP contribution in [0.5, 0.6) is 0 Å². The van der Waals surface area contributed by atoms with Gasteiger partial charge in [-0.05, 0) is 37.9 Å². The molecule has 0 bridgehead atoms. The van der Waals surface area contributed by atoms with Crippen molar-refractivity contribution in [2.75, 3.05) is 11.9 Å². The lowest BCUT2D eigenvalue weighted by atomic mass is 9.71. The normalized spacial score (nSPS) is 16.4. The number of amides is 1. The van der Waals surface area contributed by atoms with Crippen molar-refractivity contribution in [1.82, 2.24) is 4.98 Å². The molecule has 114 valence electrons. The van der Waals surface area contributed by atoms with Crippen LogP contribution in [0.2, 0.25) is 0 Å². The molecule has 20 heavy (non-hydrogen) atoms. The fourth-order valence-electron chi connectivity index (χ4n) is 2.79. The van der Waals surface area contributed by atoms with E-state index in [-0.39, 0.29) is 36.1 Å². The van der Waals surface area contributed by atoms with Crippen LogP contribution in [-0.2, 0) is 4.79 Å². The molecular weight excluding hydrogens is 297 g/mol. The van der Waals surface area contributed by atoms with Gasteiger partial charge in [-0.3, -0.25) is 9.78 Å². The van der Waals surface area contributed by atoms with Gasteiger partial charge in [-0.2, -0.15) is 0 Å². The van der Waals surface area contributed by atoms with Gasteiger partial charge in [0.05, 0.1) is 5.41 Å². The van der Waals surface area contributed by atoms with Crippen molar-refractivity contribution in [3.8, 4) is 0 Å². The zero-order valence-corrected chi connectivity index (χ0v) is 13.1. The third-order valence-electron chi connectivity index (χ3n) is 3.85. The van der Waals surface area contributed by atoms with Gasteiger partial charge in [0.15, 0.2) is 0 Å². The molecule has 2 rings (SSSR count). The van der Waals surface area contributed by atoms with Crippen molar-refractivity contribution in [1.29, 1.82) is 0 Å². The summed E-state index contributed by atoms with van der Waals surface area (Å²) in [4.78, 5) is 16.4. The summed E-state index contributed by atoms with van der Waals surface area (Å²) in [6.07, 6.45) is 9.56. The molecule has 1 heterocycles. The predicted octanol–water partition coefficient (Wildman–Crippen LogP) is 3.16. The molecule has 0 aromatic carbocycles. The lowest BCUT2D eigenvalue weighted by molar-refractivity contribution is -0.127. The van der Waals surface area contributed by atoms with Gasteiger partial charge < -0.3 is 11.1 Å². The number of pyridine rings is 1. The summed E-state index contributed by atoms with van der Waals surface area (Å²) < 4.78 is 0. The molecule has 6 heteroatoms. The summed E-state index contributed by atoms with van der Waals surface area (Å²) in [6.45, 7) is 0.573. The Labute approximate surface area is 132 Å². The highest BCUT2D eigenvalue weighted by Crippen LogP contribution is 2.39. The first kappa shape index (κ1) is 19.2. The molecule has 1 aromatic heterocycles. The minimum Gasteiger partial charge on any atom is -0.330 e. The van der Waals surface area contributed by atoms with E-state index in [2.05, 4.69) is 10.3 Å². The van der Waals surface area contributed by atoms with E-state index >= 15 is 0 Å². The molecule has 4 nitrogen and oxygen atoms in total. The molecule has 1 amide bonds. The highest BCUT2D eigenvalue weighted by molar-refractivity contribution is 5.95. The molecule has 1 aromatic rings. The maximum absolute atomic E-state index is 12.5. The summed E-state index contributed by atoms with van der Waals surface area (Å²) in [6, 6.07) is 3.63. The largest absolute Gasteiger partial charge is 0.330 e. The molecule has 1 aliphatic rings. The van der Waals surface area contributed by atoms with Crippen LogP contribution in [0, 0.1) is 5.41 Å². The maximum atomic E-state index is 12.5. The summed E-state index contributed by atoms with van der Waals surface area (Å²) in [5.41, 5.74) is 6.25. The van der Waals surface area contributed by atoms with E-state index < -0.39 is 0 Å². The van der Waals surface area contributed by atoms with Crippen LogP contribution in [-0.4, -0.2) is 17.4 Å². The Bertz CT molecular complexity index is 389. The minimum atomic E-state index is -0.254. The molecule has 1 aliphatic carbocycles. The Balaban J connectivity index is 0.00000180. The van der Waals surface area contributed by atoms with Gasteiger partial charge >= 0.3 is 0 Å². The predicted molar refractivity (Wildman–Crippen MR) is 86.6 cm³/mol. The number of anilines is 1. The van der Waals surface area contributed by atoms with E-state index in [1.807, 2.05) is 12.1 Å². The zero-order chi connectivity index (χ0) is 12.8. The molecule has 0 radical (unpaired) electrons. The van der Waals surface area contributed by atoms with E-state index in [1.165, 1.54) is 6.42 Å². The molecule has 0 unspecified atom stereocenters. The number of aromatic nitrogens is 1. The van der Waals surface area contributed by atoms with Crippen LogP contribution >= 0.6 is 24.8 Å². The number of hydrogen-bond acceptors (Lipinski definition) is 3. The third kappa shape index (κ3) is 4.62. The molecular formula is C14H23Cl2N3O. The molecule has 0 atom stereocenters. The summed E-state index contributed by atoms with van der Waals surface area (Å²) in [7, 11) is 0. The highest BCUT2D eigenvalue weighted by atomic mass is 35.5. The zero-order valence-electron chi connectivity index (χ0n) is 11.5. The standard InChI is InChI=1S/C14H21N3O.2ClH/c15-9-8-14(6-2-1-3-7-14)13(18)17-12-4-10-16-11-5-12;;/h4-5,10-11H,1-3,6-9,15H2,(H,16,17,18);2*1H. The van der Waals surface area contributed by atoms with Gasteiger partial charge in [-0.1, -0.05) is 19.3 Å². The number of carbonyl (C=O) groups is 1. The molecule has 0 spiro atoms. The number of nitrogens with zero attached hydrogens (tertiary/aromatic N) is 1. The first-order chi connectivity index (χ1) is 8.77. The van der Waals surface area contributed by atoms with Gasteiger partial charge in [-0.25, -0.2) is 0 Å². The topological polar surface area (TPSA) is 68.0 Å². The number of carbonyl (C=O) groups excluding carboxylic acids is 1. The maximum Gasteiger partial charge on any atom is 0.230 e. The lowest BCUT2D eigenvalue weighted by Crippen LogP contribution is -2.39. The Kier molecular flexibility index (Phi) is 8.78. The second-order valence-corrected chi connectivity index (χ2v) is 5.07. The Morgan fingerprint density at radius 2 is 1.80 bits per heavy atom. The van der Waals surface area contributed by atoms with Crippen molar-refractivity contribution in [2.24, 2.45) is 11.1 Å². The van der Waals surface area contributed by atoms with E-state index in [9.17, 15) is 4.79 Å². The second-order valence-electron chi connectivity index (χ2n) is 5.07. The van der Waals surface area contributed by atoms with E-state index in [4.69, 9.17) is 5.73 Å². The second kappa shape index (κ2) is 9.16. The Hall–Kier alpha value is -0.840. The van der Waals surface area contributed by atoms with Crippen LogP contribution in [0.15, 0.2) is 24.5 Å². The van der Waals surface area contributed by atoms with E-state index in [0.717, 1.165) is 37.8 Å². The Morgan fingerprint density at radius 1 is 1.20 bits per heavy atom. The van der Waals surface area contributed by atoms with E-state index in [0.29, 0.717) is 6.54 Å². The van der Waals surface area contributed by atoms with Crippen LogP contribution in [0.1, 0.15) is 38.5 Å². The van der Waals surface area contributed by atoms with E-state index in [1.54, 1.807) is 12.4 Å². The first-order valence-corrected chi connectivity index (χ1v) is 6.68. The van der Waals surface area contributed by atoms with Gasteiger partial charge in [0.2, 0.25) is 5.91 Å². The van der Waals surface area contributed by atoms with Crippen LogP contribution in [0.4, 0.5) is 5.69 Å². The number of halogens is 2. The van der Waals surface area contributed by atoms with Gasteiger partial charge in [0.1, 0.15) is 0 Å². The molecule has 1 saturated carbocycles. The summed E-state index contributed by atoms with van der Waals surface area (Å²) in [5.74, 6) is 0.124. The average Bonchev–Trinajstić information content (AvgIpc) is 2.41. The van der Waals surface area contributed by atoms with Crippen molar-refractivity contribution in [3.05, 3.63) is 24.5 Å². The number of nitrogens with one attached hydrogen (secondary N) is 1. The van der Waals surface area contributed by atoms with Crippen molar-refractivity contribution >= 4 is 36.4 Å². The van der Waals surface area contributed by atoms with Crippen molar-refractivity contribution in [2.45, 2.75) is 38.5 Å². The van der Waals surface area contributed by atoms with Gasteiger partial charge in [-0.15, -0.1) is 24.8 Å². The highest BCUT2D eigenvalue weighted by Gasteiger charge is 2.38. The molecule has 0 saturated heterocycles. The van der Waals surface area contributed by atoms with Crippen molar-refractivity contribution < 1.29 is 4.79 Å². The first-order valence-electron chi connectivity index (χ1n) is 6.68. The summed E-state index contributed by atoms with van der Waals surface area (Å²) in [5, 5.41) is 3.00. The SMILES string of the molecule is Cl.Cl.NCCC1(C(=O)Nc2ccncc2)CCCCC1.